The molecule has 1 aromatic heterocycles. The molecule has 0 aliphatic heterocycles. The number of nitrogens with zero attached hydrogens (tertiary/aromatic N) is 1. The van der Waals surface area contributed by atoms with Crippen molar-refractivity contribution in [2.75, 3.05) is 6.61 Å². The number of rotatable bonds is 5. The fourth-order valence-electron chi connectivity index (χ4n) is 1.88. The Morgan fingerprint density at radius 2 is 2.00 bits per heavy atom. The van der Waals surface area contributed by atoms with Crippen molar-refractivity contribution in [1.82, 2.24) is 4.98 Å². The molecule has 0 saturated heterocycles. The number of hydrogen-bond acceptors (Lipinski definition) is 3. The summed E-state index contributed by atoms with van der Waals surface area (Å²) in [7, 11) is 0. The van der Waals surface area contributed by atoms with Gasteiger partial charge in [-0.25, -0.2) is 0 Å². The fraction of sp³-hybridized carbons (Fsp3) is 0.267. The Morgan fingerprint density at radius 3 is 2.68 bits per heavy atom. The van der Waals surface area contributed by atoms with Crippen LogP contribution in [0.4, 0.5) is 0 Å². The minimum absolute atomic E-state index is 0.0749. The number of ether oxygens (including phenoxy) is 1. The van der Waals surface area contributed by atoms with Crippen LogP contribution in [-0.4, -0.2) is 11.6 Å². The van der Waals surface area contributed by atoms with E-state index in [1.807, 2.05) is 25.1 Å². The Bertz CT molecular complexity index is 528. The van der Waals surface area contributed by atoms with Crippen LogP contribution >= 0.6 is 15.9 Å². The van der Waals surface area contributed by atoms with Gasteiger partial charge >= 0.3 is 0 Å². The first-order valence-electron chi connectivity index (χ1n) is 6.27. The largest absolute Gasteiger partial charge is 0.492 e. The molecule has 2 N–H and O–H groups in total. The summed E-state index contributed by atoms with van der Waals surface area (Å²) >= 11 is 3.43. The Balaban J connectivity index is 2.08. The third-order valence-corrected chi connectivity index (χ3v) is 3.37. The van der Waals surface area contributed by atoms with Crippen LogP contribution in [0.1, 0.15) is 24.1 Å². The molecule has 100 valence electrons. The highest BCUT2D eigenvalue weighted by molar-refractivity contribution is 9.10. The zero-order valence-electron chi connectivity index (χ0n) is 10.8. The lowest BCUT2D eigenvalue weighted by Gasteiger charge is -2.13. The quantitative estimate of drug-likeness (QED) is 0.917. The third kappa shape index (κ3) is 4.04. The summed E-state index contributed by atoms with van der Waals surface area (Å²) in [6.45, 7) is 2.58. The Kier molecular flexibility index (Phi) is 4.93. The lowest BCUT2D eigenvalue weighted by Crippen LogP contribution is -2.13. The molecule has 0 aliphatic rings. The Morgan fingerprint density at radius 1 is 1.26 bits per heavy atom. The maximum atomic E-state index is 6.22. The van der Waals surface area contributed by atoms with Crippen LogP contribution in [0.25, 0.3) is 0 Å². The van der Waals surface area contributed by atoms with Crippen LogP contribution in [0.3, 0.4) is 0 Å². The van der Waals surface area contributed by atoms with E-state index >= 15 is 0 Å². The van der Waals surface area contributed by atoms with E-state index in [9.17, 15) is 0 Å². The molecule has 19 heavy (non-hydrogen) atoms. The monoisotopic (exact) mass is 320 g/mol. The highest BCUT2D eigenvalue weighted by atomic mass is 79.9. The van der Waals surface area contributed by atoms with Crippen molar-refractivity contribution < 1.29 is 4.74 Å². The molecule has 0 amide bonds. The van der Waals surface area contributed by atoms with Crippen molar-refractivity contribution in [2.24, 2.45) is 5.73 Å². The molecule has 0 saturated carbocycles. The van der Waals surface area contributed by atoms with Gasteiger partial charge in [-0.15, -0.1) is 0 Å². The second-order valence-electron chi connectivity index (χ2n) is 4.32. The normalized spacial score (nSPS) is 12.2. The molecule has 3 nitrogen and oxygen atoms in total. The summed E-state index contributed by atoms with van der Waals surface area (Å²) in [4.78, 5) is 4.17. The molecule has 1 heterocycles. The maximum absolute atomic E-state index is 6.22. The van der Waals surface area contributed by atoms with E-state index in [0.29, 0.717) is 6.61 Å². The Hall–Kier alpha value is -1.39. The first-order valence-corrected chi connectivity index (χ1v) is 7.06. The van der Waals surface area contributed by atoms with Gasteiger partial charge in [-0.3, -0.25) is 4.98 Å². The lowest BCUT2D eigenvalue weighted by atomic mass is 10.0. The third-order valence-electron chi connectivity index (χ3n) is 2.84. The minimum Gasteiger partial charge on any atom is -0.492 e. The average molecular weight is 321 g/mol. The van der Waals surface area contributed by atoms with E-state index in [1.165, 1.54) is 5.56 Å². The van der Waals surface area contributed by atoms with Crippen LogP contribution in [0.5, 0.6) is 5.75 Å². The van der Waals surface area contributed by atoms with E-state index in [2.05, 4.69) is 33.0 Å². The molecular formula is C15H17BrN2O. The van der Waals surface area contributed by atoms with Gasteiger partial charge in [0, 0.05) is 16.7 Å². The highest BCUT2D eigenvalue weighted by Gasteiger charge is 2.09. The zero-order chi connectivity index (χ0) is 13.7. The Labute approximate surface area is 121 Å². The fourth-order valence-corrected chi connectivity index (χ4v) is 2.14. The van der Waals surface area contributed by atoms with Gasteiger partial charge in [0.2, 0.25) is 0 Å². The second-order valence-corrected chi connectivity index (χ2v) is 5.24. The van der Waals surface area contributed by atoms with E-state index in [1.54, 1.807) is 12.4 Å². The van der Waals surface area contributed by atoms with Crippen molar-refractivity contribution >= 4 is 15.9 Å². The van der Waals surface area contributed by atoms with Gasteiger partial charge in [0.15, 0.2) is 0 Å². The predicted octanol–water partition coefficient (Wildman–Crippen LogP) is 3.49. The molecule has 2 aromatic rings. The van der Waals surface area contributed by atoms with E-state index < -0.39 is 0 Å². The highest BCUT2D eigenvalue weighted by Crippen LogP contribution is 2.20. The van der Waals surface area contributed by atoms with Gasteiger partial charge in [-0.05, 0) is 42.7 Å². The molecule has 1 unspecified atom stereocenters. The molecule has 1 aromatic carbocycles. The van der Waals surface area contributed by atoms with E-state index in [-0.39, 0.29) is 6.04 Å². The molecule has 2 rings (SSSR count). The van der Waals surface area contributed by atoms with Crippen LogP contribution in [0.2, 0.25) is 0 Å². The van der Waals surface area contributed by atoms with Crippen LogP contribution in [0.15, 0.2) is 47.2 Å². The van der Waals surface area contributed by atoms with Gasteiger partial charge in [0.05, 0.1) is 12.8 Å². The standard InChI is InChI=1S/C15H17BrN2O/c1-2-19-14-8-12(9-18-10-14)15(17)7-11-3-5-13(16)6-4-11/h3-6,8-10,15H,2,7,17H2,1H3. The smallest absolute Gasteiger partial charge is 0.137 e. The molecular weight excluding hydrogens is 304 g/mol. The van der Waals surface area contributed by atoms with Crippen LogP contribution in [-0.2, 0) is 6.42 Å². The summed E-state index contributed by atoms with van der Waals surface area (Å²) in [5.41, 5.74) is 8.42. The number of aromatic nitrogens is 1. The molecule has 0 radical (unpaired) electrons. The van der Waals surface area contributed by atoms with Crippen molar-refractivity contribution in [3.63, 3.8) is 0 Å². The van der Waals surface area contributed by atoms with E-state index in [0.717, 1.165) is 22.2 Å². The molecule has 1 atom stereocenters. The predicted molar refractivity (Wildman–Crippen MR) is 80.2 cm³/mol. The van der Waals surface area contributed by atoms with Crippen molar-refractivity contribution in [2.45, 2.75) is 19.4 Å². The zero-order valence-corrected chi connectivity index (χ0v) is 12.4. The van der Waals surface area contributed by atoms with Crippen LogP contribution < -0.4 is 10.5 Å². The molecule has 0 fully saturated rings. The van der Waals surface area contributed by atoms with E-state index in [4.69, 9.17) is 10.5 Å². The van der Waals surface area contributed by atoms with Crippen molar-refractivity contribution in [3.05, 3.63) is 58.3 Å². The number of pyridine rings is 1. The van der Waals surface area contributed by atoms with Gasteiger partial charge < -0.3 is 10.5 Å². The number of benzene rings is 1. The summed E-state index contributed by atoms with van der Waals surface area (Å²) in [6.07, 6.45) is 4.29. The first kappa shape index (κ1) is 14.0. The first-order chi connectivity index (χ1) is 9.19. The summed E-state index contributed by atoms with van der Waals surface area (Å²) in [5, 5.41) is 0. The summed E-state index contributed by atoms with van der Waals surface area (Å²) in [6, 6.07) is 10.1. The van der Waals surface area contributed by atoms with Crippen LogP contribution in [0, 0.1) is 0 Å². The summed E-state index contributed by atoms with van der Waals surface area (Å²) in [5.74, 6) is 0.770. The maximum Gasteiger partial charge on any atom is 0.137 e. The molecule has 0 spiro atoms. The molecule has 0 aliphatic carbocycles. The SMILES string of the molecule is CCOc1cncc(C(N)Cc2ccc(Br)cc2)c1. The number of nitrogens with two attached hydrogens (primary N) is 1. The van der Waals surface area contributed by atoms with Gasteiger partial charge in [0.25, 0.3) is 0 Å². The summed E-state index contributed by atoms with van der Waals surface area (Å²) < 4.78 is 6.51. The minimum atomic E-state index is -0.0749. The molecule has 4 heteroatoms. The molecule has 0 bridgehead atoms. The number of halogens is 1. The average Bonchev–Trinajstić information content (AvgIpc) is 2.42. The van der Waals surface area contributed by atoms with Gasteiger partial charge in [-0.1, -0.05) is 28.1 Å². The van der Waals surface area contributed by atoms with Gasteiger partial charge in [0.1, 0.15) is 5.75 Å². The topological polar surface area (TPSA) is 48.1 Å². The number of hydrogen-bond donors (Lipinski definition) is 1. The van der Waals surface area contributed by atoms with Crippen molar-refractivity contribution in [3.8, 4) is 5.75 Å². The second kappa shape index (κ2) is 6.68. The van der Waals surface area contributed by atoms with Crippen molar-refractivity contribution in [1.29, 1.82) is 0 Å². The lowest BCUT2D eigenvalue weighted by molar-refractivity contribution is 0.338. The van der Waals surface area contributed by atoms with Gasteiger partial charge in [-0.2, -0.15) is 0 Å².